The van der Waals surface area contributed by atoms with Gasteiger partial charge in [-0.15, -0.1) is 0 Å². The molecule has 0 radical (unpaired) electrons. The smallest absolute Gasteiger partial charge is 0.127 e. The molecule has 0 saturated carbocycles. The number of ether oxygens (including phenoxy) is 1. The van der Waals surface area contributed by atoms with Gasteiger partial charge in [0.25, 0.3) is 0 Å². The van der Waals surface area contributed by atoms with E-state index in [9.17, 15) is 0 Å². The maximum Gasteiger partial charge on any atom is 0.127 e. The molecule has 0 spiro atoms. The van der Waals surface area contributed by atoms with Gasteiger partial charge in [0.2, 0.25) is 0 Å². The summed E-state index contributed by atoms with van der Waals surface area (Å²) in [6.45, 7) is 2.04. The summed E-state index contributed by atoms with van der Waals surface area (Å²) in [5.74, 6) is 1.71. The molecule has 0 unspecified atom stereocenters. The third kappa shape index (κ3) is 5.03. The Bertz CT molecular complexity index is 482. The van der Waals surface area contributed by atoms with Crippen LogP contribution in [0.5, 0.6) is 11.5 Å². The first-order chi connectivity index (χ1) is 9.88. The lowest BCUT2D eigenvalue weighted by Crippen LogP contribution is -2.19. The molecule has 0 aliphatic carbocycles. The number of nitrogens with one attached hydrogen (secondary N) is 1. The summed E-state index contributed by atoms with van der Waals surface area (Å²) in [4.78, 5) is 0. The molecule has 0 amide bonds. The van der Waals surface area contributed by atoms with E-state index in [2.05, 4.69) is 17.4 Å². The molecular formula is C17H21NO2. The molecule has 0 aliphatic heterocycles. The van der Waals surface area contributed by atoms with Crippen molar-refractivity contribution < 1.29 is 9.84 Å². The first-order valence-electron chi connectivity index (χ1n) is 7.02. The number of aliphatic hydroxyl groups excluding tert-OH is 1. The van der Waals surface area contributed by atoms with Crippen LogP contribution in [0.15, 0.2) is 54.6 Å². The van der Waals surface area contributed by atoms with Crippen LogP contribution in [0.1, 0.15) is 12.0 Å². The molecule has 0 bridgehead atoms. The van der Waals surface area contributed by atoms with E-state index in [1.54, 1.807) is 0 Å². The van der Waals surface area contributed by atoms with E-state index < -0.39 is 0 Å². The molecule has 0 heterocycles. The molecular weight excluding hydrogens is 250 g/mol. The third-order valence-electron chi connectivity index (χ3n) is 3.00. The number of para-hydroxylation sites is 1. The minimum atomic E-state index is 0.249. The van der Waals surface area contributed by atoms with Gasteiger partial charge in [-0.3, -0.25) is 0 Å². The van der Waals surface area contributed by atoms with Crippen molar-refractivity contribution in [2.24, 2.45) is 0 Å². The lowest BCUT2D eigenvalue weighted by atomic mass is 10.1. The molecule has 2 aromatic rings. The summed E-state index contributed by atoms with van der Waals surface area (Å²) in [5.41, 5.74) is 1.28. The number of benzene rings is 2. The second-order valence-corrected chi connectivity index (χ2v) is 4.64. The largest absolute Gasteiger partial charge is 0.457 e. The van der Waals surface area contributed by atoms with Gasteiger partial charge in [0, 0.05) is 6.61 Å². The van der Waals surface area contributed by atoms with Gasteiger partial charge in [0.15, 0.2) is 0 Å². The number of hydrogen-bond acceptors (Lipinski definition) is 3. The van der Waals surface area contributed by atoms with Crippen LogP contribution in [0.2, 0.25) is 0 Å². The molecule has 0 fully saturated rings. The van der Waals surface area contributed by atoms with Gasteiger partial charge >= 0.3 is 0 Å². The predicted octanol–water partition coefficient (Wildman–Crippen LogP) is 2.99. The van der Waals surface area contributed by atoms with Crippen LogP contribution in [0.4, 0.5) is 0 Å². The van der Waals surface area contributed by atoms with E-state index in [-0.39, 0.29) is 6.61 Å². The molecule has 2 aromatic carbocycles. The molecule has 3 nitrogen and oxygen atoms in total. The summed E-state index contributed by atoms with van der Waals surface area (Å²) in [5, 5.41) is 12.0. The van der Waals surface area contributed by atoms with E-state index in [0.717, 1.165) is 37.4 Å². The van der Waals surface area contributed by atoms with Crippen LogP contribution in [-0.4, -0.2) is 24.8 Å². The molecule has 0 aliphatic rings. The fourth-order valence-electron chi connectivity index (χ4n) is 1.91. The normalized spacial score (nSPS) is 10.4. The quantitative estimate of drug-likeness (QED) is 0.725. The fourth-order valence-corrected chi connectivity index (χ4v) is 1.91. The van der Waals surface area contributed by atoms with Crippen LogP contribution in [0, 0.1) is 0 Å². The van der Waals surface area contributed by atoms with Crippen molar-refractivity contribution in [3.63, 3.8) is 0 Å². The highest BCUT2D eigenvalue weighted by Gasteiger charge is 1.97. The van der Waals surface area contributed by atoms with Crippen molar-refractivity contribution in [2.45, 2.75) is 12.8 Å². The second kappa shape index (κ2) is 8.35. The van der Waals surface area contributed by atoms with E-state index in [4.69, 9.17) is 9.84 Å². The van der Waals surface area contributed by atoms with Crippen LogP contribution < -0.4 is 10.1 Å². The highest BCUT2D eigenvalue weighted by molar-refractivity contribution is 5.33. The summed E-state index contributed by atoms with van der Waals surface area (Å²) >= 11 is 0. The molecule has 106 valence electrons. The van der Waals surface area contributed by atoms with Crippen LogP contribution in [0.25, 0.3) is 0 Å². The number of rotatable bonds is 8. The lowest BCUT2D eigenvalue weighted by Gasteiger charge is -2.07. The van der Waals surface area contributed by atoms with Gasteiger partial charge in [-0.25, -0.2) is 0 Å². The third-order valence-corrected chi connectivity index (χ3v) is 3.00. The van der Waals surface area contributed by atoms with Crippen molar-refractivity contribution in [3.05, 3.63) is 60.2 Å². The van der Waals surface area contributed by atoms with Crippen molar-refractivity contribution in [3.8, 4) is 11.5 Å². The zero-order valence-electron chi connectivity index (χ0n) is 11.6. The van der Waals surface area contributed by atoms with Crippen LogP contribution in [0.3, 0.4) is 0 Å². The van der Waals surface area contributed by atoms with Gasteiger partial charge in [-0.05, 0) is 55.8 Å². The molecule has 2 N–H and O–H groups in total. The zero-order valence-corrected chi connectivity index (χ0v) is 11.6. The average Bonchev–Trinajstić information content (AvgIpc) is 2.50. The Morgan fingerprint density at radius 2 is 1.55 bits per heavy atom. The highest BCUT2D eigenvalue weighted by Crippen LogP contribution is 2.21. The van der Waals surface area contributed by atoms with Crippen LogP contribution in [-0.2, 0) is 6.42 Å². The Morgan fingerprint density at radius 3 is 2.25 bits per heavy atom. The number of hydrogen-bond donors (Lipinski definition) is 2. The van der Waals surface area contributed by atoms with E-state index in [0.29, 0.717) is 0 Å². The minimum absolute atomic E-state index is 0.249. The molecule has 3 heteroatoms. The minimum Gasteiger partial charge on any atom is -0.457 e. The monoisotopic (exact) mass is 271 g/mol. The first kappa shape index (κ1) is 14.6. The summed E-state index contributed by atoms with van der Waals surface area (Å²) < 4.78 is 5.75. The summed E-state index contributed by atoms with van der Waals surface area (Å²) in [6, 6.07) is 17.9. The van der Waals surface area contributed by atoms with Crippen molar-refractivity contribution >= 4 is 0 Å². The fraction of sp³-hybridized carbons (Fsp3) is 0.294. The Balaban J connectivity index is 1.78. The Kier molecular flexibility index (Phi) is 6.08. The lowest BCUT2D eigenvalue weighted by molar-refractivity contribution is 0.286. The molecule has 20 heavy (non-hydrogen) atoms. The predicted molar refractivity (Wildman–Crippen MR) is 81.2 cm³/mol. The molecule has 0 aromatic heterocycles. The maximum atomic E-state index is 8.68. The van der Waals surface area contributed by atoms with E-state index >= 15 is 0 Å². The molecule has 0 atom stereocenters. The van der Waals surface area contributed by atoms with Crippen LogP contribution >= 0.6 is 0 Å². The Labute approximate surface area is 120 Å². The SMILES string of the molecule is OCCCNCCc1ccc(Oc2ccccc2)cc1. The highest BCUT2D eigenvalue weighted by atomic mass is 16.5. The summed E-state index contributed by atoms with van der Waals surface area (Å²) in [6.07, 6.45) is 1.79. The summed E-state index contributed by atoms with van der Waals surface area (Å²) in [7, 11) is 0. The molecule has 2 rings (SSSR count). The average molecular weight is 271 g/mol. The number of aliphatic hydroxyl groups is 1. The van der Waals surface area contributed by atoms with E-state index in [1.165, 1.54) is 5.56 Å². The second-order valence-electron chi connectivity index (χ2n) is 4.64. The van der Waals surface area contributed by atoms with Gasteiger partial charge in [0.05, 0.1) is 0 Å². The van der Waals surface area contributed by atoms with E-state index in [1.807, 2.05) is 42.5 Å². The van der Waals surface area contributed by atoms with Gasteiger partial charge < -0.3 is 15.2 Å². The first-order valence-corrected chi connectivity index (χ1v) is 7.02. The topological polar surface area (TPSA) is 41.5 Å². The standard InChI is InChI=1S/C17H21NO2/c19-14-4-12-18-13-11-15-7-9-17(10-8-15)20-16-5-2-1-3-6-16/h1-3,5-10,18-19H,4,11-14H2. The van der Waals surface area contributed by atoms with Gasteiger partial charge in [-0.1, -0.05) is 30.3 Å². The maximum absolute atomic E-state index is 8.68. The van der Waals surface area contributed by atoms with Crippen molar-refractivity contribution in [2.75, 3.05) is 19.7 Å². The Morgan fingerprint density at radius 1 is 0.850 bits per heavy atom. The van der Waals surface area contributed by atoms with Gasteiger partial charge in [0.1, 0.15) is 11.5 Å². The van der Waals surface area contributed by atoms with Gasteiger partial charge in [-0.2, -0.15) is 0 Å². The van der Waals surface area contributed by atoms with Crippen molar-refractivity contribution in [1.82, 2.24) is 5.32 Å². The zero-order chi connectivity index (χ0) is 14.0. The van der Waals surface area contributed by atoms with Crippen molar-refractivity contribution in [1.29, 1.82) is 0 Å². The molecule has 0 saturated heterocycles. The Hall–Kier alpha value is -1.84.